The molecule has 1 aromatic carbocycles. The Bertz CT molecular complexity index is 666. The van der Waals surface area contributed by atoms with Gasteiger partial charge in [0.1, 0.15) is 0 Å². The van der Waals surface area contributed by atoms with E-state index in [2.05, 4.69) is 21.9 Å². The molecule has 17 heavy (non-hydrogen) atoms. The first kappa shape index (κ1) is 10.1. The SMILES string of the molecule is Cn1cc(-c2cc(CN)no2)c2ccccc21. The van der Waals surface area contributed by atoms with E-state index in [0.717, 1.165) is 22.4 Å². The topological polar surface area (TPSA) is 57.0 Å². The Morgan fingerprint density at radius 1 is 1.35 bits per heavy atom. The molecule has 2 aromatic heterocycles. The highest BCUT2D eigenvalue weighted by Crippen LogP contribution is 2.30. The largest absolute Gasteiger partial charge is 0.356 e. The van der Waals surface area contributed by atoms with E-state index in [4.69, 9.17) is 10.3 Å². The fraction of sp³-hybridized carbons (Fsp3) is 0.154. The lowest BCUT2D eigenvalue weighted by molar-refractivity contribution is 0.424. The smallest absolute Gasteiger partial charge is 0.169 e. The molecule has 0 saturated carbocycles. The predicted molar refractivity (Wildman–Crippen MR) is 66.3 cm³/mol. The van der Waals surface area contributed by atoms with E-state index in [1.807, 2.05) is 31.4 Å². The van der Waals surface area contributed by atoms with Gasteiger partial charge in [-0.15, -0.1) is 0 Å². The van der Waals surface area contributed by atoms with E-state index in [1.165, 1.54) is 5.52 Å². The minimum Gasteiger partial charge on any atom is -0.356 e. The number of rotatable bonds is 2. The maximum Gasteiger partial charge on any atom is 0.169 e. The summed E-state index contributed by atoms with van der Waals surface area (Å²) in [6.45, 7) is 0.397. The Morgan fingerprint density at radius 3 is 2.94 bits per heavy atom. The molecule has 2 heterocycles. The summed E-state index contributed by atoms with van der Waals surface area (Å²) in [5, 5.41) is 5.08. The molecule has 0 unspecified atom stereocenters. The number of hydrogen-bond donors (Lipinski definition) is 1. The molecular weight excluding hydrogens is 214 g/mol. The van der Waals surface area contributed by atoms with Crippen molar-refractivity contribution in [2.45, 2.75) is 6.54 Å². The molecule has 2 N–H and O–H groups in total. The van der Waals surface area contributed by atoms with Crippen LogP contribution in [0.25, 0.3) is 22.2 Å². The average molecular weight is 227 g/mol. The van der Waals surface area contributed by atoms with Crippen molar-refractivity contribution >= 4 is 10.9 Å². The van der Waals surface area contributed by atoms with Crippen LogP contribution >= 0.6 is 0 Å². The number of para-hydroxylation sites is 1. The summed E-state index contributed by atoms with van der Waals surface area (Å²) in [6.07, 6.45) is 2.05. The van der Waals surface area contributed by atoms with Gasteiger partial charge in [-0.05, 0) is 6.07 Å². The zero-order valence-corrected chi connectivity index (χ0v) is 9.55. The number of benzene rings is 1. The minimum atomic E-state index is 0.397. The van der Waals surface area contributed by atoms with Crippen LogP contribution in [0.4, 0.5) is 0 Å². The predicted octanol–water partition coefficient (Wildman–Crippen LogP) is 2.29. The van der Waals surface area contributed by atoms with E-state index in [1.54, 1.807) is 0 Å². The molecule has 0 spiro atoms. The Balaban J connectivity index is 2.23. The number of nitrogens with zero attached hydrogens (tertiary/aromatic N) is 2. The Kier molecular flexibility index (Phi) is 2.23. The maximum atomic E-state index is 5.53. The third-order valence-corrected chi connectivity index (χ3v) is 2.93. The minimum absolute atomic E-state index is 0.397. The van der Waals surface area contributed by atoms with Crippen molar-refractivity contribution in [3.63, 3.8) is 0 Å². The van der Waals surface area contributed by atoms with E-state index in [0.29, 0.717) is 6.54 Å². The standard InChI is InChI=1S/C13H13N3O/c1-16-8-11(10-4-2-3-5-12(10)16)13-6-9(7-14)15-17-13/h2-6,8H,7,14H2,1H3. The molecule has 0 aliphatic heterocycles. The molecule has 0 atom stereocenters. The summed E-state index contributed by atoms with van der Waals surface area (Å²) in [5.41, 5.74) is 8.53. The Hall–Kier alpha value is -2.07. The first-order valence-electron chi connectivity index (χ1n) is 5.49. The van der Waals surface area contributed by atoms with Crippen molar-refractivity contribution in [1.29, 1.82) is 0 Å². The average Bonchev–Trinajstić information content (AvgIpc) is 2.95. The third kappa shape index (κ3) is 1.54. The Morgan fingerprint density at radius 2 is 2.18 bits per heavy atom. The van der Waals surface area contributed by atoms with Crippen molar-refractivity contribution in [2.75, 3.05) is 0 Å². The summed E-state index contributed by atoms with van der Waals surface area (Å²) < 4.78 is 7.40. The van der Waals surface area contributed by atoms with Gasteiger partial charge in [0.2, 0.25) is 0 Å². The third-order valence-electron chi connectivity index (χ3n) is 2.93. The number of aromatic nitrogens is 2. The quantitative estimate of drug-likeness (QED) is 0.730. The van der Waals surface area contributed by atoms with Crippen LogP contribution in [0.1, 0.15) is 5.69 Å². The van der Waals surface area contributed by atoms with Gasteiger partial charge < -0.3 is 14.8 Å². The summed E-state index contributed by atoms with van der Waals surface area (Å²) in [5.74, 6) is 0.766. The highest BCUT2D eigenvalue weighted by molar-refractivity contribution is 5.94. The van der Waals surface area contributed by atoms with Gasteiger partial charge in [-0.2, -0.15) is 0 Å². The van der Waals surface area contributed by atoms with Gasteiger partial charge in [-0.1, -0.05) is 23.4 Å². The van der Waals surface area contributed by atoms with Gasteiger partial charge in [0.05, 0.1) is 5.69 Å². The van der Waals surface area contributed by atoms with Crippen LogP contribution < -0.4 is 5.73 Å². The molecule has 4 heteroatoms. The van der Waals surface area contributed by atoms with Crippen LogP contribution in [0.3, 0.4) is 0 Å². The second-order valence-electron chi connectivity index (χ2n) is 4.06. The molecule has 4 nitrogen and oxygen atoms in total. The highest BCUT2D eigenvalue weighted by Gasteiger charge is 2.12. The molecule has 0 amide bonds. The van der Waals surface area contributed by atoms with Gasteiger partial charge in [-0.25, -0.2) is 0 Å². The Labute approximate surface area is 98.6 Å². The van der Waals surface area contributed by atoms with Crippen LogP contribution in [-0.2, 0) is 13.6 Å². The summed E-state index contributed by atoms with van der Waals surface area (Å²) >= 11 is 0. The van der Waals surface area contributed by atoms with Crippen LogP contribution in [0.2, 0.25) is 0 Å². The molecule has 3 rings (SSSR count). The molecule has 86 valence electrons. The summed E-state index contributed by atoms with van der Waals surface area (Å²) in [4.78, 5) is 0. The van der Waals surface area contributed by atoms with Crippen molar-refractivity contribution < 1.29 is 4.52 Å². The van der Waals surface area contributed by atoms with Gasteiger partial charge >= 0.3 is 0 Å². The van der Waals surface area contributed by atoms with Crippen molar-refractivity contribution in [3.8, 4) is 11.3 Å². The van der Waals surface area contributed by atoms with Crippen LogP contribution in [0, 0.1) is 0 Å². The van der Waals surface area contributed by atoms with Crippen molar-refractivity contribution in [3.05, 3.63) is 42.2 Å². The highest BCUT2D eigenvalue weighted by atomic mass is 16.5. The monoisotopic (exact) mass is 227 g/mol. The van der Waals surface area contributed by atoms with Gasteiger partial charge in [-0.3, -0.25) is 0 Å². The molecule has 0 aliphatic rings. The molecule has 3 aromatic rings. The molecule has 0 saturated heterocycles. The maximum absolute atomic E-state index is 5.53. The van der Waals surface area contributed by atoms with Gasteiger partial charge in [0.15, 0.2) is 5.76 Å². The lowest BCUT2D eigenvalue weighted by atomic mass is 10.1. The number of nitrogens with two attached hydrogens (primary N) is 1. The molecule has 0 radical (unpaired) electrons. The number of fused-ring (bicyclic) bond motifs is 1. The zero-order valence-electron chi connectivity index (χ0n) is 9.55. The van der Waals surface area contributed by atoms with Gasteiger partial charge in [0.25, 0.3) is 0 Å². The van der Waals surface area contributed by atoms with Crippen LogP contribution in [0.5, 0.6) is 0 Å². The fourth-order valence-corrected chi connectivity index (χ4v) is 2.07. The first-order chi connectivity index (χ1) is 8.29. The molecule has 0 fully saturated rings. The van der Waals surface area contributed by atoms with E-state index in [9.17, 15) is 0 Å². The first-order valence-corrected chi connectivity index (χ1v) is 5.49. The molecule has 0 bridgehead atoms. The zero-order chi connectivity index (χ0) is 11.8. The normalized spacial score (nSPS) is 11.2. The lowest BCUT2D eigenvalue weighted by Crippen LogP contribution is -1.94. The fourth-order valence-electron chi connectivity index (χ4n) is 2.07. The van der Waals surface area contributed by atoms with Gasteiger partial charge in [0, 0.05) is 42.3 Å². The number of hydrogen-bond acceptors (Lipinski definition) is 3. The van der Waals surface area contributed by atoms with Crippen LogP contribution in [0.15, 0.2) is 41.1 Å². The summed E-state index contributed by atoms with van der Waals surface area (Å²) in [6, 6.07) is 10.1. The molecule has 0 aliphatic carbocycles. The van der Waals surface area contributed by atoms with Crippen LogP contribution in [-0.4, -0.2) is 9.72 Å². The second kappa shape index (κ2) is 3.75. The van der Waals surface area contributed by atoms with Crippen molar-refractivity contribution in [1.82, 2.24) is 9.72 Å². The van der Waals surface area contributed by atoms with E-state index in [-0.39, 0.29) is 0 Å². The second-order valence-corrected chi connectivity index (χ2v) is 4.06. The molecular formula is C13H13N3O. The van der Waals surface area contributed by atoms with Crippen molar-refractivity contribution in [2.24, 2.45) is 12.8 Å². The van der Waals surface area contributed by atoms with E-state index >= 15 is 0 Å². The summed E-state index contributed by atoms with van der Waals surface area (Å²) in [7, 11) is 2.02. The number of aryl methyl sites for hydroxylation is 1. The van der Waals surface area contributed by atoms with E-state index < -0.39 is 0 Å². The lowest BCUT2D eigenvalue weighted by Gasteiger charge is -1.93.